The SMILES string of the molecule is CCC(C)(O)Cc1c(OC)ccc(C=CC(=O)NO)c1OCc1ccccc1. The first kappa shape index (κ1) is 21.5. The maximum Gasteiger partial charge on any atom is 0.267 e. The third-order valence-electron chi connectivity index (χ3n) is 4.54. The van der Waals surface area contributed by atoms with E-state index in [-0.39, 0.29) is 0 Å². The van der Waals surface area contributed by atoms with Crippen LogP contribution in [0.15, 0.2) is 48.5 Å². The van der Waals surface area contributed by atoms with E-state index in [4.69, 9.17) is 14.7 Å². The third kappa shape index (κ3) is 5.84. The summed E-state index contributed by atoms with van der Waals surface area (Å²) in [4.78, 5) is 11.4. The summed E-state index contributed by atoms with van der Waals surface area (Å²) in [7, 11) is 1.56. The lowest BCUT2D eigenvalue weighted by atomic mass is 9.91. The lowest BCUT2D eigenvalue weighted by molar-refractivity contribution is -0.124. The van der Waals surface area contributed by atoms with Crippen molar-refractivity contribution in [2.45, 2.75) is 38.9 Å². The van der Waals surface area contributed by atoms with E-state index in [1.54, 1.807) is 37.7 Å². The molecule has 28 heavy (non-hydrogen) atoms. The number of carbonyl (C=O) groups is 1. The van der Waals surface area contributed by atoms with Crippen molar-refractivity contribution in [2.75, 3.05) is 7.11 Å². The monoisotopic (exact) mass is 385 g/mol. The first-order chi connectivity index (χ1) is 13.4. The topological polar surface area (TPSA) is 88.0 Å². The maximum atomic E-state index is 11.4. The molecular formula is C22H27NO5. The van der Waals surface area contributed by atoms with Gasteiger partial charge >= 0.3 is 0 Å². The number of hydrogen-bond acceptors (Lipinski definition) is 5. The molecule has 6 nitrogen and oxygen atoms in total. The molecule has 6 heteroatoms. The molecule has 2 rings (SSSR count). The predicted molar refractivity (Wildman–Crippen MR) is 107 cm³/mol. The second-order valence-electron chi connectivity index (χ2n) is 6.78. The average Bonchev–Trinajstić information content (AvgIpc) is 2.71. The van der Waals surface area contributed by atoms with E-state index in [1.807, 2.05) is 37.3 Å². The van der Waals surface area contributed by atoms with Gasteiger partial charge in [-0.2, -0.15) is 0 Å². The highest BCUT2D eigenvalue weighted by molar-refractivity contribution is 5.91. The van der Waals surface area contributed by atoms with Gasteiger partial charge in [-0.25, -0.2) is 5.48 Å². The fraction of sp³-hybridized carbons (Fsp3) is 0.318. The van der Waals surface area contributed by atoms with Gasteiger partial charge in [0.25, 0.3) is 5.91 Å². The Morgan fingerprint density at radius 3 is 2.54 bits per heavy atom. The quantitative estimate of drug-likeness (QED) is 0.349. The van der Waals surface area contributed by atoms with Gasteiger partial charge in [0.1, 0.15) is 18.1 Å². The molecule has 1 atom stereocenters. The average molecular weight is 385 g/mol. The van der Waals surface area contributed by atoms with E-state index < -0.39 is 11.5 Å². The van der Waals surface area contributed by atoms with Gasteiger partial charge in [-0.3, -0.25) is 10.0 Å². The Kier molecular flexibility index (Phi) is 7.61. The number of carbonyl (C=O) groups excluding carboxylic acids is 1. The summed E-state index contributed by atoms with van der Waals surface area (Å²) in [6.45, 7) is 3.99. The van der Waals surface area contributed by atoms with Crippen molar-refractivity contribution in [1.82, 2.24) is 5.48 Å². The molecule has 2 aromatic carbocycles. The van der Waals surface area contributed by atoms with Crippen LogP contribution in [0.2, 0.25) is 0 Å². The Morgan fingerprint density at radius 2 is 1.93 bits per heavy atom. The van der Waals surface area contributed by atoms with Crippen molar-refractivity contribution in [1.29, 1.82) is 0 Å². The van der Waals surface area contributed by atoms with Gasteiger partial charge in [-0.05, 0) is 37.1 Å². The van der Waals surface area contributed by atoms with E-state index in [1.165, 1.54) is 6.08 Å². The normalized spacial score (nSPS) is 13.2. The molecule has 150 valence electrons. The van der Waals surface area contributed by atoms with E-state index in [9.17, 15) is 9.90 Å². The Morgan fingerprint density at radius 1 is 1.21 bits per heavy atom. The maximum absolute atomic E-state index is 11.4. The van der Waals surface area contributed by atoms with E-state index in [0.717, 1.165) is 11.1 Å². The van der Waals surface area contributed by atoms with Crippen LogP contribution < -0.4 is 15.0 Å². The summed E-state index contributed by atoms with van der Waals surface area (Å²) in [6, 6.07) is 13.2. The molecule has 1 amide bonds. The zero-order valence-electron chi connectivity index (χ0n) is 16.4. The Balaban J connectivity index is 2.48. The standard InChI is InChI=1S/C22H27NO5/c1-4-22(2,25)14-18-19(27-3)12-10-17(11-13-20(24)23-26)21(18)28-15-16-8-6-5-7-9-16/h5-13,25-26H,4,14-15H2,1-3H3,(H,23,24). The Bertz CT molecular complexity index is 815. The van der Waals surface area contributed by atoms with Crippen molar-refractivity contribution < 1.29 is 24.6 Å². The molecule has 0 saturated carbocycles. The molecule has 0 aliphatic rings. The van der Waals surface area contributed by atoms with Gasteiger partial charge in [-0.15, -0.1) is 0 Å². The number of hydroxylamine groups is 1. The first-order valence-corrected chi connectivity index (χ1v) is 9.11. The highest BCUT2D eigenvalue weighted by Gasteiger charge is 2.25. The van der Waals surface area contributed by atoms with Crippen LogP contribution in [0.4, 0.5) is 0 Å². The zero-order valence-corrected chi connectivity index (χ0v) is 16.4. The smallest absolute Gasteiger partial charge is 0.267 e. The second kappa shape index (κ2) is 9.92. The van der Waals surface area contributed by atoms with Crippen molar-refractivity contribution >= 4 is 12.0 Å². The predicted octanol–water partition coefficient (Wildman–Crippen LogP) is 3.50. The van der Waals surface area contributed by atoms with Gasteiger partial charge < -0.3 is 14.6 Å². The zero-order chi connectivity index (χ0) is 20.6. The summed E-state index contributed by atoms with van der Waals surface area (Å²) in [6.07, 6.45) is 3.64. The summed E-state index contributed by atoms with van der Waals surface area (Å²) in [5.41, 5.74) is 2.97. The number of amides is 1. The molecule has 0 fully saturated rings. The molecule has 0 saturated heterocycles. The van der Waals surface area contributed by atoms with Crippen LogP contribution >= 0.6 is 0 Å². The molecule has 0 heterocycles. The first-order valence-electron chi connectivity index (χ1n) is 9.11. The number of methoxy groups -OCH3 is 1. The number of nitrogens with one attached hydrogen (secondary N) is 1. The largest absolute Gasteiger partial charge is 0.496 e. The summed E-state index contributed by atoms with van der Waals surface area (Å²) >= 11 is 0. The van der Waals surface area contributed by atoms with E-state index in [2.05, 4.69) is 0 Å². The highest BCUT2D eigenvalue weighted by Crippen LogP contribution is 2.37. The van der Waals surface area contributed by atoms with Crippen LogP contribution in [0.25, 0.3) is 6.08 Å². The van der Waals surface area contributed by atoms with Crippen molar-refractivity contribution in [2.24, 2.45) is 0 Å². The molecule has 0 bridgehead atoms. The third-order valence-corrected chi connectivity index (χ3v) is 4.54. The molecule has 2 aromatic rings. The van der Waals surface area contributed by atoms with Crippen molar-refractivity contribution in [3.63, 3.8) is 0 Å². The summed E-state index contributed by atoms with van der Waals surface area (Å²) in [5.74, 6) is 0.478. The molecule has 0 aliphatic carbocycles. The van der Waals surface area contributed by atoms with Crippen LogP contribution in [0, 0.1) is 0 Å². The van der Waals surface area contributed by atoms with Gasteiger partial charge in [0.05, 0.1) is 12.7 Å². The lowest BCUT2D eigenvalue weighted by Crippen LogP contribution is -2.26. The van der Waals surface area contributed by atoms with Crippen LogP contribution in [0.5, 0.6) is 11.5 Å². The molecular weight excluding hydrogens is 358 g/mol. The molecule has 0 radical (unpaired) electrons. The minimum atomic E-state index is -0.942. The lowest BCUT2D eigenvalue weighted by Gasteiger charge is -2.25. The van der Waals surface area contributed by atoms with E-state index >= 15 is 0 Å². The molecule has 1 unspecified atom stereocenters. The molecule has 0 aliphatic heterocycles. The number of rotatable bonds is 9. The second-order valence-corrected chi connectivity index (χ2v) is 6.78. The Labute approximate surface area is 165 Å². The van der Waals surface area contributed by atoms with Gasteiger partial charge in [-0.1, -0.05) is 37.3 Å². The number of ether oxygens (including phenoxy) is 2. The van der Waals surface area contributed by atoms with Crippen LogP contribution in [-0.4, -0.2) is 28.9 Å². The van der Waals surface area contributed by atoms with Crippen molar-refractivity contribution in [3.05, 3.63) is 65.2 Å². The highest BCUT2D eigenvalue weighted by atomic mass is 16.5. The summed E-state index contributed by atoms with van der Waals surface area (Å²) in [5, 5.41) is 19.3. The van der Waals surface area contributed by atoms with Crippen molar-refractivity contribution in [3.8, 4) is 11.5 Å². The fourth-order valence-corrected chi connectivity index (χ4v) is 2.73. The number of hydrogen-bond donors (Lipinski definition) is 3. The van der Waals surface area contributed by atoms with Crippen LogP contribution in [-0.2, 0) is 17.8 Å². The summed E-state index contributed by atoms with van der Waals surface area (Å²) < 4.78 is 11.6. The Hall–Kier alpha value is -2.83. The molecule has 3 N–H and O–H groups in total. The van der Waals surface area contributed by atoms with Crippen LogP contribution in [0.3, 0.4) is 0 Å². The number of benzene rings is 2. The molecule has 0 aromatic heterocycles. The van der Waals surface area contributed by atoms with Gasteiger partial charge in [0.15, 0.2) is 0 Å². The fourth-order valence-electron chi connectivity index (χ4n) is 2.73. The van der Waals surface area contributed by atoms with Crippen LogP contribution in [0.1, 0.15) is 37.0 Å². The number of aliphatic hydroxyl groups is 1. The van der Waals surface area contributed by atoms with Gasteiger partial charge in [0.2, 0.25) is 0 Å². The molecule has 0 spiro atoms. The minimum Gasteiger partial charge on any atom is -0.496 e. The van der Waals surface area contributed by atoms with Gasteiger partial charge in [0, 0.05) is 23.6 Å². The minimum absolute atomic E-state index is 0.322. The van der Waals surface area contributed by atoms with E-state index in [0.29, 0.717) is 36.5 Å².